The van der Waals surface area contributed by atoms with E-state index in [0.717, 1.165) is 43.8 Å². The molecule has 1 saturated carbocycles. The molecule has 1 aliphatic carbocycles. The van der Waals surface area contributed by atoms with Crippen molar-refractivity contribution in [2.45, 2.75) is 64.1 Å². The van der Waals surface area contributed by atoms with Gasteiger partial charge in [-0.2, -0.15) is 0 Å². The highest BCUT2D eigenvalue weighted by Crippen LogP contribution is 2.28. The van der Waals surface area contributed by atoms with Crippen molar-refractivity contribution in [3.8, 4) is 0 Å². The fraction of sp³-hybridized carbons (Fsp3) is 0.571. The second-order valence-electron chi connectivity index (χ2n) is 7.75. The molecule has 0 bridgehead atoms. The first-order valence-electron chi connectivity index (χ1n) is 9.76. The summed E-state index contributed by atoms with van der Waals surface area (Å²) < 4.78 is 0. The first-order chi connectivity index (χ1) is 12.2. The van der Waals surface area contributed by atoms with E-state index < -0.39 is 0 Å². The number of aromatic nitrogens is 1. The summed E-state index contributed by atoms with van der Waals surface area (Å²) in [6, 6.07) is 9.48. The fourth-order valence-corrected chi connectivity index (χ4v) is 4.18. The quantitative estimate of drug-likeness (QED) is 0.894. The molecule has 134 valence electrons. The third kappa shape index (κ3) is 3.80. The van der Waals surface area contributed by atoms with Gasteiger partial charge in [-0.3, -0.25) is 0 Å². The lowest BCUT2D eigenvalue weighted by molar-refractivity contribution is 0.145. The molecule has 0 spiro atoms. The Morgan fingerprint density at radius 1 is 1.12 bits per heavy atom. The van der Waals surface area contributed by atoms with E-state index in [1.807, 2.05) is 0 Å². The van der Waals surface area contributed by atoms with E-state index in [2.05, 4.69) is 41.4 Å². The predicted octanol–water partition coefficient (Wildman–Crippen LogP) is 3.54. The third-order valence-electron chi connectivity index (χ3n) is 5.73. The highest BCUT2D eigenvalue weighted by Gasteiger charge is 2.22. The summed E-state index contributed by atoms with van der Waals surface area (Å²) in [5, 5.41) is 14.8. The number of nitrogens with zero attached hydrogens (tertiary/aromatic N) is 2. The maximum atomic E-state index is 9.84. The summed E-state index contributed by atoms with van der Waals surface area (Å²) in [4.78, 5) is 7.40. The molecule has 4 heteroatoms. The Morgan fingerprint density at radius 2 is 1.88 bits per heavy atom. The van der Waals surface area contributed by atoms with Crippen LogP contribution < -0.4 is 10.2 Å². The van der Waals surface area contributed by atoms with Crippen molar-refractivity contribution < 1.29 is 5.11 Å². The van der Waals surface area contributed by atoms with Crippen molar-refractivity contribution in [2.75, 3.05) is 18.0 Å². The number of aliphatic hydroxyl groups is 1. The van der Waals surface area contributed by atoms with Gasteiger partial charge >= 0.3 is 0 Å². The molecule has 1 aliphatic heterocycles. The van der Waals surface area contributed by atoms with Gasteiger partial charge in [0.2, 0.25) is 0 Å². The molecule has 2 aliphatic rings. The second-order valence-corrected chi connectivity index (χ2v) is 7.75. The van der Waals surface area contributed by atoms with Crippen LogP contribution in [0.5, 0.6) is 0 Å². The Hall–Kier alpha value is -1.65. The minimum atomic E-state index is -0.154. The van der Waals surface area contributed by atoms with E-state index in [-0.39, 0.29) is 6.10 Å². The molecule has 1 saturated heterocycles. The average molecular weight is 339 g/mol. The molecule has 2 aromatic rings. The average Bonchev–Trinajstić information content (AvgIpc) is 3.13. The number of benzene rings is 1. The number of anilines is 1. The van der Waals surface area contributed by atoms with Crippen LogP contribution in [0.1, 0.15) is 49.7 Å². The summed E-state index contributed by atoms with van der Waals surface area (Å²) in [5.74, 6) is 1.11. The normalized spacial score (nSPS) is 19.8. The lowest BCUT2D eigenvalue weighted by Gasteiger charge is -2.32. The Bertz CT molecular complexity index is 731. The monoisotopic (exact) mass is 339 g/mol. The van der Waals surface area contributed by atoms with Gasteiger partial charge in [0.1, 0.15) is 5.82 Å². The van der Waals surface area contributed by atoms with Crippen molar-refractivity contribution >= 4 is 16.7 Å². The van der Waals surface area contributed by atoms with Gasteiger partial charge in [0.05, 0.1) is 11.6 Å². The van der Waals surface area contributed by atoms with E-state index in [4.69, 9.17) is 4.98 Å². The molecule has 1 aromatic carbocycles. The minimum Gasteiger partial charge on any atom is -0.393 e. The van der Waals surface area contributed by atoms with Gasteiger partial charge in [-0.1, -0.05) is 25.0 Å². The van der Waals surface area contributed by atoms with Crippen LogP contribution in [0.2, 0.25) is 0 Å². The van der Waals surface area contributed by atoms with Gasteiger partial charge in [0.25, 0.3) is 0 Å². The zero-order valence-corrected chi connectivity index (χ0v) is 15.2. The highest BCUT2D eigenvalue weighted by atomic mass is 16.3. The largest absolute Gasteiger partial charge is 0.393 e. The van der Waals surface area contributed by atoms with Gasteiger partial charge in [0.15, 0.2) is 0 Å². The highest BCUT2D eigenvalue weighted by molar-refractivity contribution is 5.82. The van der Waals surface area contributed by atoms with E-state index in [9.17, 15) is 5.11 Å². The lowest BCUT2D eigenvalue weighted by Crippen LogP contribution is -2.37. The number of aliphatic hydroxyl groups excluding tert-OH is 1. The predicted molar refractivity (Wildman–Crippen MR) is 103 cm³/mol. The number of piperidine rings is 1. The van der Waals surface area contributed by atoms with Crippen LogP contribution in [-0.2, 0) is 6.54 Å². The second kappa shape index (κ2) is 7.30. The smallest absolute Gasteiger partial charge is 0.133 e. The van der Waals surface area contributed by atoms with E-state index in [0.29, 0.717) is 6.04 Å². The summed E-state index contributed by atoms with van der Waals surface area (Å²) >= 11 is 0. The molecule has 2 heterocycles. The van der Waals surface area contributed by atoms with Gasteiger partial charge in [-0.15, -0.1) is 0 Å². The molecule has 25 heavy (non-hydrogen) atoms. The van der Waals surface area contributed by atoms with E-state index >= 15 is 0 Å². The molecule has 0 amide bonds. The SMILES string of the molecule is Cc1ccc2cc(CNC3CCCC3)c(N3CCC(O)CC3)nc2c1. The van der Waals surface area contributed by atoms with E-state index in [1.165, 1.54) is 42.2 Å². The number of pyridine rings is 1. The summed E-state index contributed by atoms with van der Waals surface area (Å²) in [6.45, 7) is 4.79. The maximum Gasteiger partial charge on any atom is 0.133 e. The Balaban J connectivity index is 1.64. The number of hydrogen-bond donors (Lipinski definition) is 2. The van der Waals surface area contributed by atoms with Crippen LogP contribution >= 0.6 is 0 Å². The first kappa shape index (κ1) is 16.8. The zero-order chi connectivity index (χ0) is 17.2. The number of rotatable bonds is 4. The van der Waals surface area contributed by atoms with Gasteiger partial charge in [-0.25, -0.2) is 4.98 Å². The van der Waals surface area contributed by atoms with Crippen LogP contribution in [-0.4, -0.2) is 35.3 Å². The fourth-order valence-electron chi connectivity index (χ4n) is 4.18. The van der Waals surface area contributed by atoms with E-state index in [1.54, 1.807) is 0 Å². The lowest BCUT2D eigenvalue weighted by atomic mass is 10.1. The number of nitrogens with one attached hydrogen (secondary N) is 1. The molecule has 2 N–H and O–H groups in total. The Morgan fingerprint density at radius 3 is 2.64 bits per heavy atom. The maximum absolute atomic E-state index is 9.84. The number of aryl methyl sites for hydroxylation is 1. The van der Waals surface area contributed by atoms with Crippen LogP contribution in [0.3, 0.4) is 0 Å². The topological polar surface area (TPSA) is 48.4 Å². The molecular formula is C21H29N3O. The number of hydrogen-bond acceptors (Lipinski definition) is 4. The molecule has 0 unspecified atom stereocenters. The molecular weight excluding hydrogens is 310 g/mol. The zero-order valence-electron chi connectivity index (χ0n) is 15.2. The number of fused-ring (bicyclic) bond motifs is 1. The van der Waals surface area contributed by atoms with Crippen molar-refractivity contribution in [1.29, 1.82) is 0 Å². The first-order valence-corrected chi connectivity index (χ1v) is 9.76. The van der Waals surface area contributed by atoms with Crippen LogP contribution in [0.15, 0.2) is 24.3 Å². The molecule has 0 atom stereocenters. The molecule has 2 fully saturated rings. The molecule has 1 aromatic heterocycles. The van der Waals surface area contributed by atoms with Crippen molar-refractivity contribution in [3.05, 3.63) is 35.4 Å². The van der Waals surface area contributed by atoms with Crippen molar-refractivity contribution in [1.82, 2.24) is 10.3 Å². The molecule has 4 rings (SSSR count). The summed E-state index contributed by atoms with van der Waals surface area (Å²) in [5.41, 5.74) is 3.61. The standard InChI is InChI=1S/C21H29N3O/c1-15-6-7-16-13-17(14-22-18-4-2-3-5-18)21(23-20(16)12-15)24-10-8-19(25)9-11-24/h6-7,12-13,18-19,22,25H,2-5,8-11,14H2,1H3. The van der Waals surface area contributed by atoms with Crippen molar-refractivity contribution in [2.24, 2.45) is 0 Å². The van der Waals surface area contributed by atoms with Gasteiger partial charge in [-0.05, 0) is 50.3 Å². The Labute approximate surface area is 150 Å². The van der Waals surface area contributed by atoms with Gasteiger partial charge in [0, 0.05) is 36.6 Å². The molecule has 4 nitrogen and oxygen atoms in total. The summed E-state index contributed by atoms with van der Waals surface area (Å²) in [7, 11) is 0. The van der Waals surface area contributed by atoms with Crippen LogP contribution in [0.25, 0.3) is 10.9 Å². The Kier molecular flexibility index (Phi) is 4.91. The molecule has 0 radical (unpaired) electrons. The third-order valence-corrected chi connectivity index (χ3v) is 5.73. The van der Waals surface area contributed by atoms with Crippen LogP contribution in [0.4, 0.5) is 5.82 Å². The van der Waals surface area contributed by atoms with Crippen molar-refractivity contribution in [3.63, 3.8) is 0 Å². The van der Waals surface area contributed by atoms with Gasteiger partial charge < -0.3 is 15.3 Å². The minimum absolute atomic E-state index is 0.154. The van der Waals surface area contributed by atoms with Crippen LogP contribution in [0, 0.1) is 6.92 Å². The summed E-state index contributed by atoms with van der Waals surface area (Å²) in [6.07, 6.45) is 6.82.